The molecule has 0 bridgehead atoms. The molecule has 2 rings (SSSR count). The number of nitrogens with one attached hydrogen (secondary N) is 2. The van der Waals surface area contributed by atoms with Gasteiger partial charge < -0.3 is 15.7 Å². The zero-order chi connectivity index (χ0) is 15.2. The van der Waals surface area contributed by atoms with Gasteiger partial charge in [0, 0.05) is 17.1 Å². The van der Waals surface area contributed by atoms with E-state index in [1.807, 2.05) is 17.5 Å². The SMILES string of the molecule is CC(CC(O)c1cccs1)NC(=O)Nc1ccncc1F. The summed E-state index contributed by atoms with van der Waals surface area (Å²) in [5.41, 5.74) is 0.0634. The summed E-state index contributed by atoms with van der Waals surface area (Å²) in [7, 11) is 0. The molecule has 112 valence electrons. The average molecular weight is 309 g/mol. The second-order valence-electron chi connectivity index (χ2n) is 4.62. The Morgan fingerprint density at radius 2 is 2.33 bits per heavy atom. The van der Waals surface area contributed by atoms with E-state index in [0.717, 1.165) is 11.1 Å². The maximum Gasteiger partial charge on any atom is 0.319 e. The summed E-state index contributed by atoms with van der Waals surface area (Å²) in [5.74, 6) is -0.598. The largest absolute Gasteiger partial charge is 0.387 e. The number of hydrogen-bond donors (Lipinski definition) is 3. The third-order valence-electron chi connectivity index (χ3n) is 2.85. The highest BCUT2D eigenvalue weighted by atomic mass is 32.1. The first kappa shape index (κ1) is 15.4. The molecule has 2 aromatic rings. The van der Waals surface area contributed by atoms with Crippen molar-refractivity contribution in [1.29, 1.82) is 0 Å². The first-order valence-corrected chi connectivity index (χ1v) is 7.32. The van der Waals surface area contributed by atoms with Gasteiger partial charge in [-0.05, 0) is 30.9 Å². The molecule has 0 spiro atoms. The van der Waals surface area contributed by atoms with E-state index in [-0.39, 0.29) is 11.7 Å². The van der Waals surface area contributed by atoms with Crippen molar-refractivity contribution in [3.05, 3.63) is 46.7 Å². The van der Waals surface area contributed by atoms with E-state index in [9.17, 15) is 14.3 Å². The second kappa shape index (κ2) is 7.14. The van der Waals surface area contributed by atoms with Crippen LogP contribution >= 0.6 is 11.3 Å². The zero-order valence-corrected chi connectivity index (χ0v) is 12.2. The van der Waals surface area contributed by atoms with Gasteiger partial charge in [-0.2, -0.15) is 0 Å². The summed E-state index contributed by atoms with van der Waals surface area (Å²) in [6.45, 7) is 1.78. The molecule has 21 heavy (non-hydrogen) atoms. The summed E-state index contributed by atoms with van der Waals surface area (Å²) in [4.78, 5) is 16.2. The minimum atomic E-state index is -0.627. The van der Waals surface area contributed by atoms with Gasteiger partial charge in [-0.3, -0.25) is 4.98 Å². The number of amides is 2. The van der Waals surface area contributed by atoms with E-state index in [1.165, 1.54) is 23.6 Å². The Morgan fingerprint density at radius 1 is 1.52 bits per heavy atom. The molecule has 7 heteroatoms. The number of nitrogens with zero attached hydrogens (tertiary/aromatic N) is 1. The van der Waals surface area contributed by atoms with E-state index < -0.39 is 18.0 Å². The van der Waals surface area contributed by atoms with Gasteiger partial charge in [0.1, 0.15) is 0 Å². The maximum absolute atomic E-state index is 13.3. The molecule has 5 nitrogen and oxygen atoms in total. The number of hydrogen-bond acceptors (Lipinski definition) is 4. The average Bonchev–Trinajstić information content (AvgIpc) is 2.95. The van der Waals surface area contributed by atoms with Crippen LogP contribution in [0, 0.1) is 5.82 Å². The predicted molar refractivity (Wildman–Crippen MR) is 79.7 cm³/mol. The van der Waals surface area contributed by atoms with Crippen LogP contribution in [0.1, 0.15) is 24.3 Å². The Bertz CT molecular complexity index is 592. The van der Waals surface area contributed by atoms with Crippen LogP contribution in [-0.4, -0.2) is 22.2 Å². The lowest BCUT2D eigenvalue weighted by Gasteiger charge is -2.17. The number of carbonyl (C=O) groups excluding carboxylic acids is 1. The number of rotatable bonds is 5. The van der Waals surface area contributed by atoms with Crippen LogP contribution in [0.2, 0.25) is 0 Å². The van der Waals surface area contributed by atoms with E-state index in [1.54, 1.807) is 6.92 Å². The van der Waals surface area contributed by atoms with Gasteiger partial charge in [-0.15, -0.1) is 11.3 Å². The summed E-state index contributed by atoms with van der Waals surface area (Å²) >= 11 is 1.46. The minimum absolute atomic E-state index is 0.0634. The molecule has 3 N–H and O–H groups in total. The molecule has 2 aromatic heterocycles. The van der Waals surface area contributed by atoms with Crippen LogP contribution in [0.25, 0.3) is 0 Å². The summed E-state index contributed by atoms with van der Waals surface area (Å²) in [6, 6.07) is 4.30. The lowest BCUT2D eigenvalue weighted by atomic mass is 10.1. The molecular formula is C14H16FN3O2S. The molecule has 0 aliphatic rings. The van der Waals surface area contributed by atoms with Crippen LogP contribution in [0.4, 0.5) is 14.9 Å². The first-order chi connectivity index (χ1) is 10.1. The molecule has 0 radical (unpaired) electrons. The van der Waals surface area contributed by atoms with Crippen molar-refractivity contribution in [2.75, 3.05) is 5.32 Å². The fourth-order valence-corrected chi connectivity index (χ4v) is 2.57. The van der Waals surface area contributed by atoms with E-state index in [0.29, 0.717) is 6.42 Å². The molecule has 2 amide bonds. The standard InChI is InChI=1S/C14H16FN3O2S/c1-9(7-12(19)13-3-2-6-21-13)17-14(20)18-11-4-5-16-8-10(11)15/h2-6,8-9,12,19H,7H2,1H3,(H2,16,17,18,20). The normalized spacial score (nSPS) is 13.5. The van der Waals surface area contributed by atoms with Gasteiger partial charge in [-0.1, -0.05) is 6.07 Å². The van der Waals surface area contributed by atoms with E-state index >= 15 is 0 Å². The predicted octanol–water partition coefficient (Wildman–Crippen LogP) is 2.92. The lowest BCUT2D eigenvalue weighted by molar-refractivity contribution is 0.158. The van der Waals surface area contributed by atoms with Crippen LogP contribution in [0.3, 0.4) is 0 Å². The van der Waals surface area contributed by atoms with Gasteiger partial charge in [0.2, 0.25) is 0 Å². The number of urea groups is 1. The summed E-state index contributed by atoms with van der Waals surface area (Å²) < 4.78 is 13.3. The number of aromatic nitrogens is 1. The smallest absolute Gasteiger partial charge is 0.319 e. The molecule has 0 fully saturated rings. The highest BCUT2D eigenvalue weighted by Gasteiger charge is 2.15. The van der Waals surface area contributed by atoms with Crippen molar-refractivity contribution >= 4 is 23.1 Å². The first-order valence-electron chi connectivity index (χ1n) is 6.44. The summed E-state index contributed by atoms with van der Waals surface area (Å²) in [6.07, 6.45) is 2.17. The van der Waals surface area contributed by atoms with Crippen molar-refractivity contribution in [2.24, 2.45) is 0 Å². The molecule has 0 saturated carbocycles. The Morgan fingerprint density at radius 3 is 3.00 bits per heavy atom. The van der Waals surface area contributed by atoms with Crippen molar-refractivity contribution in [1.82, 2.24) is 10.3 Å². The molecule has 0 saturated heterocycles. The Hall–Kier alpha value is -1.99. The second-order valence-corrected chi connectivity index (χ2v) is 5.60. The van der Waals surface area contributed by atoms with Crippen molar-refractivity contribution in [2.45, 2.75) is 25.5 Å². The zero-order valence-electron chi connectivity index (χ0n) is 11.4. The number of aliphatic hydroxyl groups is 1. The Labute approximate surface area is 125 Å². The van der Waals surface area contributed by atoms with E-state index in [4.69, 9.17) is 0 Å². The van der Waals surface area contributed by atoms with Crippen molar-refractivity contribution in [3.63, 3.8) is 0 Å². The number of carbonyl (C=O) groups is 1. The van der Waals surface area contributed by atoms with Gasteiger partial charge in [0.15, 0.2) is 5.82 Å². The maximum atomic E-state index is 13.3. The lowest BCUT2D eigenvalue weighted by Crippen LogP contribution is -2.37. The highest BCUT2D eigenvalue weighted by Crippen LogP contribution is 2.22. The van der Waals surface area contributed by atoms with Crippen LogP contribution in [0.5, 0.6) is 0 Å². The fraction of sp³-hybridized carbons (Fsp3) is 0.286. The number of thiophene rings is 1. The fourth-order valence-electron chi connectivity index (χ4n) is 1.85. The third kappa shape index (κ3) is 4.51. The molecule has 0 aromatic carbocycles. The van der Waals surface area contributed by atoms with Crippen LogP contribution in [0.15, 0.2) is 36.0 Å². The monoisotopic (exact) mass is 309 g/mol. The van der Waals surface area contributed by atoms with Crippen LogP contribution < -0.4 is 10.6 Å². The van der Waals surface area contributed by atoms with Crippen molar-refractivity contribution < 1.29 is 14.3 Å². The van der Waals surface area contributed by atoms with Gasteiger partial charge >= 0.3 is 6.03 Å². The van der Waals surface area contributed by atoms with Gasteiger partial charge in [0.05, 0.1) is 18.0 Å². The molecule has 2 unspecified atom stereocenters. The highest BCUT2D eigenvalue weighted by molar-refractivity contribution is 7.10. The van der Waals surface area contributed by atoms with Gasteiger partial charge in [-0.25, -0.2) is 9.18 Å². The minimum Gasteiger partial charge on any atom is -0.387 e. The molecule has 2 atom stereocenters. The molecular weight excluding hydrogens is 293 g/mol. The topological polar surface area (TPSA) is 74.2 Å². The Kier molecular flexibility index (Phi) is 5.24. The van der Waals surface area contributed by atoms with Crippen molar-refractivity contribution in [3.8, 4) is 0 Å². The molecule has 0 aliphatic carbocycles. The number of aliphatic hydroxyl groups excluding tert-OH is 1. The number of pyridine rings is 1. The van der Waals surface area contributed by atoms with Gasteiger partial charge in [0.25, 0.3) is 0 Å². The summed E-state index contributed by atoms with van der Waals surface area (Å²) in [5, 5.41) is 16.9. The molecule has 0 aliphatic heterocycles. The number of anilines is 1. The molecule has 2 heterocycles. The number of halogens is 1. The third-order valence-corrected chi connectivity index (χ3v) is 3.82. The van der Waals surface area contributed by atoms with Crippen LogP contribution in [-0.2, 0) is 0 Å². The van der Waals surface area contributed by atoms with E-state index in [2.05, 4.69) is 15.6 Å². The Balaban J connectivity index is 1.83. The quantitative estimate of drug-likeness (QED) is 0.795.